The normalized spacial score (nSPS) is 15.3. The van der Waals surface area contributed by atoms with Crippen LogP contribution in [-0.2, 0) is 0 Å². The van der Waals surface area contributed by atoms with E-state index in [1.54, 1.807) is 13.2 Å². The Hall–Kier alpha value is -3.05. The lowest BCUT2D eigenvalue weighted by Gasteiger charge is -2.37. The molecule has 0 radical (unpaired) electrons. The molecule has 186 valence electrons. The van der Waals surface area contributed by atoms with Crippen LogP contribution >= 0.6 is 0 Å². The fourth-order valence-corrected chi connectivity index (χ4v) is 4.95. The number of hydrogen-bond donors (Lipinski definition) is 0. The molecule has 35 heavy (non-hydrogen) atoms. The third-order valence-corrected chi connectivity index (χ3v) is 6.90. The SMILES string of the molecule is COc1ccccc1N1CCN(CC[C@@H](Oc2ccc(C(C)C)c(C)c2)c2ccccc2F)CC1. The van der Waals surface area contributed by atoms with E-state index >= 15 is 0 Å². The standard InChI is InChI=1S/C30H37FN2O2/c1-22(2)25-14-13-24(21-23(25)3)35-29(26-9-5-6-10-27(26)31)15-16-32-17-19-33(20-18-32)28-11-7-8-12-30(28)34-4/h5-14,21-22,29H,15-20H2,1-4H3/t29-/m1/s1. The summed E-state index contributed by atoms with van der Waals surface area (Å²) in [5, 5.41) is 0. The van der Waals surface area contributed by atoms with Gasteiger partial charge in [-0.3, -0.25) is 4.90 Å². The zero-order valence-corrected chi connectivity index (χ0v) is 21.3. The van der Waals surface area contributed by atoms with Gasteiger partial charge >= 0.3 is 0 Å². The molecule has 1 fully saturated rings. The van der Waals surface area contributed by atoms with Gasteiger partial charge in [0.05, 0.1) is 12.8 Å². The van der Waals surface area contributed by atoms with Gasteiger partial charge in [0.1, 0.15) is 23.4 Å². The van der Waals surface area contributed by atoms with Gasteiger partial charge in [0.2, 0.25) is 0 Å². The van der Waals surface area contributed by atoms with Crippen molar-refractivity contribution < 1.29 is 13.9 Å². The van der Waals surface area contributed by atoms with Crippen LogP contribution in [0, 0.1) is 12.7 Å². The van der Waals surface area contributed by atoms with E-state index in [0.717, 1.165) is 56.3 Å². The van der Waals surface area contributed by atoms with Gasteiger partial charge in [0.25, 0.3) is 0 Å². The maximum atomic E-state index is 14.8. The van der Waals surface area contributed by atoms with Crippen LogP contribution in [0.3, 0.4) is 0 Å². The molecule has 0 aromatic heterocycles. The second-order valence-electron chi connectivity index (χ2n) is 9.59. The number of anilines is 1. The highest BCUT2D eigenvalue weighted by atomic mass is 19.1. The Bertz CT molecular complexity index is 1110. The summed E-state index contributed by atoms with van der Waals surface area (Å²) in [4.78, 5) is 4.81. The van der Waals surface area contributed by atoms with Gasteiger partial charge in [-0.1, -0.05) is 50.2 Å². The van der Waals surface area contributed by atoms with Crippen molar-refractivity contribution in [3.8, 4) is 11.5 Å². The Kier molecular flexibility index (Phi) is 8.29. The molecule has 3 aromatic carbocycles. The average Bonchev–Trinajstić information content (AvgIpc) is 2.87. The number of ether oxygens (including phenoxy) is 2. The Balaban J connectivity index is 1.42. The third kappa shape index (κ3) is 6.15. The van der Waals surface area contributed by atoms with E-state index in [-0.39, 0.29) is 11.9 Å². The van der Waals surface area contributed by atoms with E-state index in [4.69, 9.17) is 9.47 Å². The third-order valence-electron chi connectivity index (χ3n) is 6.90. The number of para-hydroxylation sites is 2. The van der Waals surface area contributed by atoms with Crippen molar-refractivity contribution in [3.63, 3.8) is 0 Å². The molecule has 0 saturated carbocycles. The highest BCUT2D eigenvalue weighted by molar-refractivity contribution is 5.58. The van der Waals surface area contributed by atoms with Crippen LogP contribution in [0.5, 0.6) is 11.5 Å². The van der Waals surface area contributed by atoms with Crippen molar-refractivity contribution in [1.82, 2.24) is 4.90 Å². The van der Waals surface area contributed by atoms with Gasteiger partial charge < -0.3 is 14.4 Å². The highest BCUT2D eigenvalue weighted by Gasteiger charge is 2.23. The van der Waals surface area contributed by atoms with Crippen LogP contribution < -0.4 is 14.4 Å². The molecule has 3 aromatic rings. The maximum absolute atomic E-state index is 14.8. The van der Waals surface area contributed by atoms with Gasteiger partial charge in [-0.15, -0.1) is 0 Å². The summed E-state index contributed by atoms with van der Waals surface area (Å²) in [5.74, 6) is 1.95. The van der Waals surface area contributed by atoms with E-state index < -0.39 is 0 Å². The molecule has 1 aliphatic rings. The Morgan fingerprint density at radius 3 is 2.29 bits per heavy atom. The first-order chi connectivity index (χ1) is 17.0. The molecule has 1 aliphatic heterocycles. The van der Waals surface area contributed by atoms with E-state index in [9.17, 15) is 4.39 Å². The van der Waals surface area contributed by atoms with Crippen LogP contribution in [0.1, 0.15) is 49.0 Å². The number of nitrogens with zero attached hydrogens (tertiary/aromatic N) is 2. The molecule has 5 heteroatoms. The molecule has 0 spiro atoms. The van der Waals surface area contributed by atoms with Crippen molar-refractivity contribution in [2.75, 3.05) is 44.7 Å². The molecule has 0 N–H and O–H groups in total. The van der Waals surface area contributed by atoms with Crippen LogP contribution in [-0.4, -0.2) is 44.7 Å². The molecule has 1 atom stereocenters. The molecule has 1 saturated heterocycles. The molecule has 4 rings (SSSR count). The van der Waals surface area contributed by atoms with Crippen LogP contribution in [0.25, 0.3) is 0 Å². The van der Waals surface area contributed by atoms with Crippen LogP contribution in [0.15, 0.2) is 66.7 Å². The van der Waals surface area contributed by atoms with E-state index in [1.807, 2.05) is 30.3 Å². The Morgan fingerprint density at radius 1 is 0.886 bits per heavy atom. The second-order valence-corrected chi connectivity index (χ2v) is 9.59. The molecule has 0 unspecified atom stereocenters. The highest BCUT2D eigenvalue weighted by Crippen LogP contribution is 2.31. The predicted octanol–water partition coefficient (Wildman–Crippen LogP) is 6.60. The molecule has 0 amide bonds. The lowest BCUT2D eigenvalue weighted by Crippen LogP contribution is -2.47. The lowest BCUT2D eigenvalue weighted by molar-refractivity contribution is 0.156. The molecule has 0 bridgehead atoms. The number of methoxy groups -OCH3 is 1. The summed E-state index contributed by atoms with van der Waals surface area (Å²) < 4.78 is 26.7. The van der Waals surface area contributed by atoms with Crippen molar-refractivity contribution >= 4 is 5.69 Å². The zero-order valence-electron chi connectivity index (χ0n) is 21.3. The first kappa shape index (κ1) is 25.1. The summed E-state index contributed by atoms with van der Waals surface area (Å²) in [7, 11) is 1.72. The fourth-order valence-electron chi connectivity index (χ4n) is 4.95. The smallest absolute Gasteiger partial charge is 0.142 e. The van der Waals surface area contributed by atoms with Gasteiger partial charge in [0.15, 0.2) is 0 Å². The minimum Gasteiger partial charge on any atom is -0.495 e. The van der Waals surface area contributed by atoms with Crippen LogP contribution in [0.4, 0.5) is 10.1 Å². The van der Waals surface area contributed by atoms with Gasteiger partial charge in [0, 0.05) is 44.7 Å². The number of aryl methyl sites for hydroxylation is 1. The molecular formula is C30H37FN2O2. The van der Waals surface area contributed by atoms with Crippen LogP contribution in [0.2, 0.25) is 0 Å². The lowest BCUT2D eigenvalue weighted by atomic mass is 9.98. The monoisotopic (exact) mass is 476 g/mol. The minimum absolute atomic E-state index is 0.214. The van der Waals surface area contributed by atoms with E-state index in [1.165, 1.54) is 17.2 Å². The largest absolute Gasteiger partial charge is 0.495 e. The maximum Gasteiger partial charge on any atom is 0.142 e. The van der Waals surface area contributed by atoms with Crippen molar-refractivity contribution in [1.29, 1.82) is 0 Å². The minimum atomic E-state index is -0.340. The molecule has 1 heterocycles. The van der Waals surface area contributed by atoms with Crippen molar-refractivity contribution in [2.24, 2.45) is 0 Å². The van der Waals surface area contributed by atoms with Gasteiger partial charge in [-0.25, -0.2) is 4.39 Å². The van der Waals surface area contributed by atoms with Gasteiger partial charge in [-0.05, 0) is 54.3 Å². The number of hydrogen-bond acceptors (Lipinski definition) is 4. The summed E-state index contributed by atoms with van der Waals surface area (Å²) in [6, 6.07) is 21.4. The number of rotatable bonds is 9. The first-order valence-corrected chi connectivity index (χ1v) is 12.6. The van der Waals surface area contributed by atoms with Gasteiger partial charge in [-0.2, -0.15) is 0 Å². The summed E-state index contributed by atoms with van der Waals surface area (Å²) in [6.07, 6.45) is 0.383. The number of piperazine rings is 1. The summed E-state index contributed by atoms with van der Waals surface area (Å²) >= 11 is 0. The molecule has 4 nitrogen and oxygen atoms in total. The average molecular weight is 477 g/mol. The van der Waals surface area contributed by atoms with Crippen molar-refractivity contribution in [2.45, 2.75) is 39.2 Å². The van der Waals surface area contributed by atoms with E-state index in [2.05, 4.69) is 54.8 Å². The van der Waals surface area contributed by atoms with Crippen molar-refractivity contribution in [3.05, 3.63) is 89.2 Å². The fraction of sp³-hybridized carbons (Fsp3) is 0.400. The zero-order chi connectivity index (χ0) is 24.8. The Labute approximate surface area is 209 Å². The predicted molar refractivity (Wildman–Crippen MR) is 141 cm³/mol. The second kappa shape index (κ2) is 11.6. The first-order valence-electron chi connectivity index (χ1n) is 12.6. The Morgan fingerprint density at radius 2 is 1.60 bits per heavy atom. The number of halogens is 1. The molecule has 0 aliphatic carbocycles. The summed E-state index contributed by atoms with van der Waals surface area (Å²) in [6.45, 7) is 11.1. The summed E-state index contributed by atoms with van der Waals surface area (Å²) in [5.41, 5.74) is 4.28. The molecular weight excluding hydrogens is 439 g/mol. The topological polar surface area (TPSA) is 24.9 Å². The quantitative estimate of drug-likeness (QED) is 0.347. The van der Waals surface area contributed by atoms with E-state index in [0.29, 0.717) is 11.5 Å². The number of benzene rings is 3.